The molecule has 2 heterocycles. The third-order valence-electron chi connectivity index (χ3n) is 5.65. The molecule has 8 nitrogen and oxygen atoms in total. The average Bonchev–Trinajstić information content (AvgIpc) is 3.19. The van der Waals surface area contributed by atoms with Gasteiger partial charge < -0.3 is 14.6 Å². The molecule has 0 aliphatic carbocycles. The number of nitrogens with zero attached hydrogens (tertiary/aromatic N) is 2. The highest BCUT2D eigenvalue weighted by molar-refractivity contribution is 5.80. The quantitative estimate of drug-likeness (QED) is 0.238. The van der Waals surface area contributed by atoms with E-state index in [2.05, 4.69) is 15.4 Å². The number of aliphatic hydroxyl groups is 1. The molecule has 4 rings (SSSR count). The molecule has 0 amide bonds. The Morgan fingerprint density at radius 1 is 1.14 bits per heavy atom. The molecule has 0 atom stereocenters. The summed E-state index contributed by atoms with van der Waals surface area (Å²) in [6, 6.07) is 11.6. The monoisotopic (exact) mass is 502 g/mol. The summed E-state index contributed by atoms with van der Waals surface area (Å²) in [6.45, 7) is 2.12. The summed E-state index contributed by atoms with van der Waals surface area (Å²) in [7, 11) is 1.53. The summed E-state index contributed by atoms with van der Waals surface area (Å²) < 4.78 is 50.1. The standard InChI is InChI=1S/C25H25F3N4O4/c1-15-23(17-5-8-21(35-2)18(9-17)12-33)24-30-20(10-22(34)32(24)31-15)11-29-14-36-13-16-3-6-19(7-4-16)25(26,27)28/h3-10,29,31,33H,11-14H2,1-2H3. The van der Waals surface area contributed by atoms with Crippen LogP contribution in [0.3, 0.4) is 0 Å². The molecule has 3 N–H and O–H groups in total. The van der Waals surface area contributed by atoms with Gasteiger partial charge in [-0.3, -0.25) is 15.2 Å². The summed E-state index contributed by atoms with van der Waals surface area (Å²) in [5.41, 5.74) is 3.39. The van der Waals surface area contributed by atoms with Crippen molar-refractivity contribution in [3.05, 3.63) is 87.0 Å². The van der Waals surface area contributed by atoms with Gasteiger partial charge in [0, 0.05) is 29.4 Å². The summed E-state index contributed by atoms with van der Waals surface area (Å²) >= 11 is 0. The molecule has 190 valence electrons. The Hall–Kier alpha value is -3.67. The molecule has 0 bridgehead atoms. The second-order valence-electron chi connectivity index (χ2n) is 8.16. The van der Waals surface area contributed by atoms with Crippen LogP contribution in [0.15, 0.2) is 53.3 Å². The van der Waals surface area contributed by atoms with Gasteiger partial charge in [0.2, 0.25) is 0 Å². The van der Waals surface area contributed by atoms with Crippen molar-refractivity contribution in [3.63, 3.8) is 0 Å². The second kappa shape index (κ2) is 10.5. The van der Waals surface area contributed by atoms with Crippen molar-refractivity contribution in [1.29, 1.82) is 0 Å². The fraction of sp³-hybridized carbons (Fsp3) is 0.280. The number of H-pyrrole nitrogens is 1. The van der Waals surface area contributed by atoms with Gasteiger partial charge in [-0.2, -0.15) is 13.2 Å². The lowest BCUT2D eigenvalue weighted by atomic mass is 10.0. The number of ether oxygens (including phenoxy) is 2. The zero-order chi connectivity index (χ0) is 25.9. The Bertz CT molecular complexity index is 1410. The maximum absolute atomic E-state index is 12.7. The fourth-order valence-electron chi connectivity index (χ4n) is 3.90. The number of rotatable bonds is 9. The summed E-state index contributed by atoms with van der Waals surface area (Å²) in [5.74, 6) is 0.560. The molecule has 0 fully saturated rings. The molecule has 2 aromatic heterocycles. The third-order valence-corrected chi connectivity index (χ3v) is 5.65. The largest absolute Gasteiger partial charge is 0.496 e. The van der Waals surface area contributed by atoms with Gasteiger partial charge in [-0.05, 0) is 42.3 Å². The number of nitrogens with one attached hydrogen (secondary N) is 2. The minimum Gasteiger partial charge on any atom is -0.496 e. The summed E-state index contributed by atoms with van der Waals surface area (Å²) in [4.78, 5) is 17.3. The fourth-order valence-corrected chi connectivity index (χ4v) is 3.90. The number of fused-ring (bicyclic) bond motifs is 1. The Morgan fingerprint density at radius 2 is 1.89 bits per heavy atom. The lowest BCUT2D eigenvalue weighted by Gasteiger charge is -2.10. The van der Waals surface area contributed by atoms with Crippen molar-refractivity contribution in [2.24, 2.45) is 0 Å². The SMILES string of the molecule is COc1ccc(-c2c(C)[nH]n3c(=O)cc(CNCOCc4ccc(C(F)(F)F)cc4)nc23)cc1CO. The van der Waals surface area contributed by atoms with E-state index in [0.717, 1.165) is 29.0 Å². The minimum absolute atomic E-state index is 0.111. The molecular formula is C25H25F3N4O4. The normalized spacial score (nSPS) is 11.8. The number of aliphatic hydroxyl groups excluding tert-OH is 1. The number of halogens is 3. The zero-order valence-electron chi connectivity index (χ0n) is 19.6. The molecule has 0 saturated carbocycles. The molecule has 0 spiro atoms. The number of hydrogen-bond acceptors (Lipinski definition) is 6. The van der Waals surface area contributed by atoms with Crippen LogP contribution < -0.4 is 15.6 Å². The van der Waals surface area contributed by atoms with Crippen LogP contribution in [0.2, 0.25) is 0 Å². The lowest BCUT2D eigenvalue weighted by Crippen LogP contribution is -2.22. The van der Waals surface area contributed by atoms with E-state index in [0.29, 0.717) is 28.2 Å². The molecule has 0 aliphatic heterocycles. The summed E-state index contributed by atoms with van der Waals surface area (Å²) in [5, 5.41) is 15.7. The molecule has 4 aromatic rings. The van der Waals surface area contributed by atoms with Crippen LogP contribution in [-0.4, -0.2) is 33.5 Å². The maximum atomic E-state index is 12.7. The van der Waals surface area contributed by atoms with Crippen LogP contribution in [0.5, 0.6) is 5.75 Å². The third kappa shape index (κ3) is 5.43. The Morgan fingerprint density at radius 3 is 2.56 bits per heavy atom. The maximum Gasteiger partial charge on any atom is 0.416 e. The van der Waals surface area contributed by atoms with Gasteiger partial charge >= 0.3 is 6.18 Å². The molecule has 0 radical (unpaired) electrons. The molecular weight excluding hydrogens is 477 g/mol. The van der Waals surface area contributed by atoms with Crippen LogP contribution in [0.1, 0.15) is 28.1 Å². The van der Waals surface area contributed by atoms with Gasteiger partial charge in [-0.1, -0.05) is 18.2 Å². The van der Waals surface area contributed by atoms with Crippen molar-refractivity contribution in [2.45, 2.75) is 32.9 Å². The van der Waals surface area contributed by atoms with Crippen molar-refractivity contribution in [3.8, 4) is 16.9 Å². The van der Waals surface area contributed by atoms with Gasteiger partial charge in [-0.25, -0.2) is 9.50 Å². The smallest absolute Gasteiger partial charge is 0.416 e. The van der Waals surface area contributed by atoms with Gasteiger partial charge in [0.25, 0.3) is 5.56 Å². The Balaban J connectivity index is 1.45. The van der Waals surface area contributed by atoms with E-state index < -0.39 is 11.7 Å². The van der Waals surface area contributed by atoms with E-state index in [4.69, 9.17) is 9.47 Å². The first-order chi connectivity index (χ1) is 17.2. The molecule has 0 unspecified atom stereocenters. The number of methoxy groups -OCH3 is 1. The van der Waals surface area contributed by atoms with Gasteiger partial charge in [-0.15, -0.1) is 0 Å². The summed E-state index contributed by atoms with van der Waals surface area (Å²) in [6.07, 6.45) is -4.37. The van der Waals surface area contributed by atoms with Gasteiger partial charge in [0.15, 0.2) is 5.65 Å². The molecule has 36 heavy (non-hydrogen) atoms. The van der Waals surface area contributed by atoms with E-state index >= 15 is 0 Å². The number of benzene rings is 2. The number of aromatic nitrogens is 3. The highest BCUT2D eigenvalue weighted by atomic mass is 19.4. The van der Waals surface area contributed by atoms with Gasteiger partial charge in [0.05, 0.1) is 38.3 Å². The minimum atomic E-state index is -4.37. The lowest BCUT2D eigenvalue weighted by molar-refractivity contribution is -0.137. The first-order valence-corrected chi connectivity index (χ1v) is 11.0. The van der Waals surface area contributed by atoms with E-state index in [1.807, 2.05) is 13.0 Å². The van der Waals surface area contributed by atoms with Crippen LogP contribution in [0.4, 0.5) is 13.2 Å². The molecule has 0 aliphatic rings. The average molecular weight is 502 g/mol. The second-order valence-corrected chi connectivity index (χ2v) is 8.16. The Labute approximate surface area is 204 Å². The van der Waals surface area contributed by atoms with Crippen LogP contribution in [-0.2, 0) is 30.7 Å². The number of aryl methyl sites for hydroxylation is 1. The van der Waals surface area contributed by atoms with E-state index in [9.17, 15) is 23.1 Å². The van der Waals surface area contributed by atoms with Gasteiger partial charge in [0.1, 0.15) is 5.75 Å². The molecule has 2 aromatic carbocycles. The highest BCUT2D eigenvalue weighted by Gasteiger charge is 2.29. The Kier molecular flexibility index (Phi) is 7.43. The molecule has 0 saturated heterocycles. The first kappa shape index (κ1) is 25.4. The van der Waals surface area contributed by atoms with Crippen LogP contribution in [0.25, 0.3) is 16.8 Å². The number of aromatic amines is 1. The van der Waals surface area contributed by atoms with E-state index in [1.54, 1.807) is 12.1 Å². The van der Waals surface area contributed by atoms with Crippen molar-refractivity contribution in [2.75, 3.05) is 13.8 Å². The van der Waals surface area contributed by atoms with Crippen LogP contribution in [0, 0.1) is 6.92 Å². The number of hydrogen-bond donors (Lipinski definition) is 3. The molecule has 11 heteroatoms. The zero-order valence-corrected chi connectivity index (χ0v) is 19.6. The van der Waals surface area contributed by atoms with E-state index in [-0.39, 0.29) is 32.0 Å². The van der Waals surface area contributed by atoms with Crippen molar-refractivity contribution < 1.29 is 27.8 Å². The van der Waals surface area contributed by atoms with E-state index in [1.165, 1.54) is 29.8 Å². The number of alkyl halides is 3. The van der Waals surface area contributed by atoms with Crippen LogP contribution >= 0.6 is 0 Å². The topological polar surface area (TPSA) is 101 Å². The first-order valence-electron chi connectivity index (χ1n) is 11.0. The van der Waals surface area contributed by atoms with Crippen molar-refractivity contribution >= 4 is 5.65 Å². The highest BCUT2D eigenvalue weighted by Crippen LogP contribution is 2.31. The predicted molar refractivity (Wildman–Crippen MR) is 126 cm³/mol. The van der Waals surface area contributed by atoms with Crippen molar-refractivity contribution in [1.82, 2.24) is 19.9 Å². The predicted octanol–water partition coefficient (Wildman–Crippen LogP) is 3.78.